The van der Waals surface area contributed by atoms with Crippen molar-refractivity contribution in [3.63, 3.8) is 0 Å². The van der Waals surface area contributed by atoms with Gasteiger partial charge < -0.3 is 11.1 Å². The van der Waals surface area contributed by atoms with Crippen LogP contribution >= 0.6 is 0 Å². The predicted octanol–water partition coefficient (Wildman–Crippen LogP) is 1.59. The third-order valence-electron chi connectivity index (χ3n) is 2.90. The maximum Gasteiger partial charge on any atom is 0.259 e. The molecule has 1 aromatic heterocycles. The third-order valence-corrected chi connectivity index (χ3v) is 2.90. The summed E-state index contributed by atoms with van der Waals surface area (Å²) in [6.07, 6.45) is 1.51. The number of aryl methyl sites for hydroxylation is 2. The summed E-state index contributed by atoms with van der Waals surface area (Å²) in [5.41, 5.74) is 9.14. The molecule has 0 bridgehead atoms. The Hall–Kier alpha value is -2.58. The highest BCUT2D eigenvalue weighted by Crippen LogP contribution is 2.18. The molecule has 0 radical (unpaired) electrons. The van der Waals surface area contributed by atoms with Crippen molar-refractivity contribution in [2.45, 2.75) is 13.8 Å². The second-order valence-electron chi connectivity index (χ2n) is 4.40. The minimum absolute atomic E-state index is 0.191. The van der Waals surface area contributed by atoms with Gasteiger partial charge in [0.05, 0.1) is 18.3 Å². The fourth-order valence-corrected chi connectivity index (χ4v) is 1.76. The first-order valence-electron chi connectivity index (χ1n) is 6.22. The van der Waals surface area contributed by atoms with E-state index in [1.165, 1.54) is 6.20 Å². The molecule has 0 aliphatic rings. The van der Waals surface area contributed by atoms with E-state index in [0.717, 1.165) is 22.5 Å². The molecule has 2 aromatic rings. The summed E-state index contributed by atoms with van der Waals surface area (Å²) in [6, 6.07) is 5.65. The number of anilines is 1. The van der Waals surface area contributed by atoms with Crippen LogP contribution in [-0.4, -0.2) is 22.6 Å². The molecule has 0 saturated heterocycles. The lowest BCUT2D eigenvalue weighted by Gasteiger charge is -2.08. The van der Waals surface area contributed by atoms with Crippen molar-refractivity contribution >= 4 is 11.6 Å². The van der Waals surface area contributed by atoms with E-state index < -0.39 is 0 Å². The van der Waals surface area contributed by atoms with E-state index in [2.05, 4.69) is 27.4 Å². The van der Waals surface area contributed by atoms with Gasteiger partial charge in [0.1, 0.15) is 0 Å². The number of aromatic nitrogens is 2. The molecule has 102 valence electrons. The highest BCUT2D eigenvalue weighted by Gasteiger charge is 2.12. The molecule has 5 heteroatoms. The number of nitrogens with zero attached hydrogens (tertiary/aromatic N) is 1. The van der Waals surface area contributed by atoms with Gasteiger partial charge >= 0.3 is 0 Å². The molecule has 0 aliphatic carbocycles. The van der Waals surface area contributed by atoms with Crippen molar-refractivity contribution in [1.82, 2.24) is 10.2 Å². The van der Waals surface area contributed by atoms with Crippen LogP contribution in [-0.2, 0) is 0 Å². The molecular formula is C15H16N4O. The molecular weight excluding hydrogens is 252 g/mol. The molecule has 20 heavy (non-hydrogen) atoms. The van der Waals surface area contributed by atoms with Gasteiger partial charge in [-0.25, -0.2) is 0 Å². The van der Waals surface area contributed by atoms with Crippen LogP contribution in [0.3, 0.4) is 0 Å². The molecule has 0 unspecified atom stereocenters. The largest absolute Gasteiger partial charge is 0.322 e. The number of hydrogen-bond donors (Lipinski definition) is 3. The van der Waals surface area contributed by atoms with Crippen LogP contribution in [0.2, 0.25) is 0 Å². The van der Waals surface area contributed by atoms with Gasteiger partial charge in [-0.05, 0) is 31.5 Å². The Morgan fingerprint density at radius 3 is 2.90 bits per heavy atom. The second kappa shape index (κ2) is 6.04. The zero-order valence-corrected chi connectivity index (χ0v) is 11.4. The third kappa shape index (κ3) is 3.05. The average Bonchev–Trinajstić information content (AvgIpc) is 2.86. The number of rotatable bonds is 2. The van der Waals surface area contributed by atoms with Crippen molar-refractivity contribution in [3.05, 3.63) is 46.8 Å². The lowest BCUT2D eigenvalue weighted by molar-refractivity contribution is 0.102. The Balaban J connectivity index is 2.25. The molecule has 0 aliphatic heterocycles. The van der Waals surface area contributed by atoms with E-state index in [-0.39, 0.29) is 5.91 Å². The predicted molar refractivity (Wildman–Crippen MR) is 78.4 cm³/mol. The zero-order chi connectivity index (χ0) is 14.5. The Labute approximate surface area is 117 Å². The summed E-state index contributed by atoms with van der Waals surface area (Å²) in [5.74, 6) is 5.55. The van der Waals surface area contributed by atoms with Crippen LogP contribution in [0.15, 0.2) is 24.4 Å². The second-order valence-corrected chi connectivity index (χ2v) is 4.40. The number of H-pyrrole nitrogens is 1. The fourth-order valence-electron chi connectivity index (χ4n) is 1.76. The van der Waals surface area contributed by atoms with Crippen molar-refractivity contribution in [2.75, 3.05) is 11.9 Å². The number of nitrogens with one attached hydrogen (secondary N) is 2. The molecule has 5 nitrogen and oxygen atoms in total. The van der Waals surface area contributed by atoms with Crippen LogP contribution in [0.4, 0.5) is 5.69 Å². The van der Waals surface area contributed by atoms with Crippen molar-refractivity contribution in [2.24, 2.45) is 5.73 Å². The number of amides is 1. The maximum absolute atomic E-state index is 12.1. The van der Waals surface area contributed by atoms with Gasteiger partial charge in [0.2, 0.25) is 0 Å². The molecule has 0 fully saturated rings. The molecule has 1 heterocycles. The normalized spacial score (nSPS) is 9.75. The summed E-state index contributed by atoms with van der Waals surface area (Å²) in [5, 5.41) is 9.46. The van der Waals surface area contributed by atoms with Crippen LogP contribution in [0.25, 0.3) is 0 Å². The van der Waals surface area contributed by atoms with E-state index in [9.17, 15) is 4.79 Å². The van der Waals surface area contributed by atoms with Crippen LogP contribution < -0.4 is 11.1 Å². The van der Waals surface area contributed by atoms with Crippen LogP contribution in [0.5, 0.6) is 0 Å². The number of carbonyl (C=O) groups excluding carboxylic acids is 1. The molecule has 0 atom stereocenters. The van der Waals surface area contributed by atoms with E-state index in [1.54, 1.807) is 6.92 Å². The van der Waals surface area contributed by atoms with E-state index >= 15 is 0 Å². The van der Waals surface area contributed by atoms with Crippen LogP contribution in [0.1, 0.15) is 27.2 Å². The van der Waals surface area contributed by atoms with Gasteiger partial charge in [-0.15, -0.1) is 0 Å². The van der Waals surface area contributed by atoms with E-state index in [1.807, 2.05) is 25.1 Å². The lowest BCUT2D eigenvalue weighted by atomic mass is 10.1. The number of aromatic amines is 1. The molecule has 1 aromatic carbocycles. The lowest BCUT2D eigenvalue weighted by Crippen LogP contribution is -2.13. The zero-order valence-electron chi connectivity index (χ0n) is 11.4. The summed E-state index contributed by atoms with van der Waals surface area (Å²) in [7, 11) is 0. The Morgan fingerprint density at radius 1 is 1.45 bits per heavy atom. The number of nitrogens with two attached hydrogens (primary N) is 1. The van der Waals surface area contributed by atoms with E-state index in [0.29, 0.717) is 12.1 Å². The monoisotopic (exact) mass is 268 g/mol. The molecule has 1 amide bonds. The van der Waals surface area contributed by atoms with E-state index in [4.69, 9.17) is 5.73 Å². The van der Waals surface area contributed by atoms with Gasteiger partial charge in [0, 0.05) is 16.9 Å². The van der Waals surface area contributed by atoms with Gasteiger partial charge in [-0.1, -0.05) is 17.9 Å². The maximum atomic E-state index is 12.1. The molecule has 0 saturated carbocycles. The average molecular weight is 268 g/mol. The highest BCUT2D eigenvalue weighted by molar-refractivity contribution is 6.05. The van der Waals surface area contributed by atoms with Crippen molar-refractivity contribution in [3.8, 4) is 11.8 Å². The smallest absolute Gasteiger partial charge is 0.259 e. The fraction of sp³-hybridized carbons (Fsp3) is 0.200. The first kappa shape index (κ1) is 13.8. The Kier molecular flexibility index (Phi) is 4.18. The molecule has 4 N–H and O–H groups in total. The topological polar surface area (TPSA) is 83.8 Å². The van der Waals surface area contributed by atoms with Gasteiger partial charge in [-0.2, -0.15) is 5.10 Å². The van der Waals surface area contributed by atoms with Crippen molar-refractivity contribution in [1.29, 1.82) is 0 Å². The van der Waals surface area contributed by atoms with Crippen LogP contribution in [0, 0.1) is 25.7 Å². The first-order valence-corrected chi connectivity index (χ1v) is 6.22. The SMILES string of the molecule is Cc1ccc(C#CCN)cc1NC(=O)c1cn[nH]c1C. The minimum Gasteiger partial charge on any atom is -0.322 e. The van der Waals surface area contributed by atoms with Gasteiger partial charge in [-0.3, -0.25) is 9.89 Å². The Morgan fingerprint density at radius 2 is 2.25 bits per heavy atom. The van der Waals surface area contributed by atoms with Crippen molar-refractivity contribution < 1.29 is 4.79 Å². The number of carbonyl (C=O) groups is 1. The summed E-state index contributed by atoms with van der Waals surface area (Å²) in [6.45, 7) is 4.04. The quantitative estimate of drug-likeness (QED) is 0.723. The van der Waals surface area contributed by atoms with Gasteiger partial charge in [0.25, 0.3) is 5.91 Å². The summed E-state index contributed by atoms with van der Waals surface area (Å²) in [4.78, 5) is 12.1. The number of hydrogen-bond acceptors (Lipinski definition) is 3. The standard InChI is InChI=1S/C15H16N4O/c1-10-5-6-12(4-3-7-16)8-14(10)18-15(20)13-9-17-19-11(13)2/h5-6,8-9H,7,16H2,1-2H3,(H,17,19)(H,18,20). The van der Waals surface area contributed by atoms with Gasteiger partial charge in [0.15, 0.2) is 0 Å². The molecule has 0 spiro atoms. The minimum atomic E-state index is -0.191. The summed E-state index contributed by atoms with van der Waals surface area (Å²) < 4.78 is 0. The number of benzene rings is 1. The molecule has 2 rings (SSSR count). The summed E-state index contributed by atoms with van der Waals surface area (Å²) >= 11 is 0. The highest BCUT2D eigenvalue weighted by atomic mass is 16.1. The first-order chi connectivity index (χ1) is 9.61. The Bertz CT molecular complexity index is 691.